The van der Waals surface area contributed by atoms with Crippen LogP contribution in [0.25, 0.3) is 0 Å². The topological polar surface area (TPSA) is 53.1 Å². The van der Waals surface area contributed by atoms with Gasteiger partial charge in [0.05, 0.1) is 0 Å². The monoisotopic (exact) mass is 225 g/mol. The predicted molar refractivity (Wildman–Crippen MR) is 53.8 cm³/mol. The molecule has 0 aliphatic carbocycles. The van der Waals surface area contributed by atoms with Crippen LogP contribution in [-0.2, 0) is 0 Å². The van der Waals surface area contributed by atoms with Crippen molar-refractivity contribution in [2.24, 2.45) is 17.6 Å². The van der Waals surface area contributed by atoms with Gasteiger partial charge in [-0.05, 0) is 13.0 Å². The standard InChI is InChI=1S/C9H18F3N3/c1-6(2)4-15(3)5-7(8(13)14)9(10,11)12/h6-7H,4-5H2,1-3H3,(H3,13,14). The predicted octanol–water partition coefficient (Wildman–Crippen LogP) is 1.69. The molecule has 3 nitrogen and oxygen atoms in total. The van der Waals surface area contributed by atoms with Gasteiger partial charge in [0.15, 0.2) is 0 Å². The summed E-state index contributed by atoms with van der Waals surface area (Å²) in [5.74, 6) is -2.39. The second-order valence-electron chi connectivity index (χ2n) is 4.16. The van der Waals surface area contributed by atoms with Crippen molar-refractivity contribution in [3.05, 3.63) is 0 Å². The van der Waals surface area contributed by atoms with Gasteiger partial charge < -0.3 is 10.6 Å². The Kier molecular flexibility index (Phi) is 5.07. The maximum absolute atomic E-state index is 12.4. The minimum Gasteiger partial charge on any atom is -0.387 e. The lowest BCUT2D eigenvalue weighted by atomic mass is 10.1. The molecule has 15 heavy (non-hydrogen) atoms. The van der Waals surface area contributed by atoms with Gasteiger partial charge >= 0.3 is 6.18 Å². The van der Waals surface area contributed by atoms with Gasteiger partial charge in [0.2, 0.25) is 0 Å². The molecule has 0 fully saturated rings. The molecule has 0 spiro atoms. The second kappa shape index (κ2) is 5.34. The normalized spacial score (nSPS) is 14.7. The molecule has 0 aromatic rings. The van der Waals surface area contributed by atoms with Crippen LogP contribution in [0.4, 0.5) is 13.2 Å². The molecule has 0 aromatic carbocycles. The first-order valence-electron chi connectivity index (χ1n) is 4.73. The van der Waals surface area contributed by atoms with Gasteiger partial charge in [0.1, 0.15) is 11.8 Å². The van der Waals surface area contributed by atoms with Crippen molar-refractivity contribution < 1.29 is 13.2 Å². The third-order valence-corrected chi connectivity index (χ3v) is 1.94. The summed E-state index contributed by atoms with van der Waals surface area (Å²) in [7, 11) is 1.60. The van der Waals surface area contributed by atoms with Crippen LogP contribution in [0.1, 0.15) is 13.8 Å². The van der Waals surface area contributed by atoms with Gasteiger partial charge in [0, 0.05) is 13.1 Å². The molecule has 0 aliphatic heterocycles. The highest BCUT2D eigenvalue weighted by Gasteiger charge is 2.42. The molecule has 0 saturated carbocycles. The summed E-state index contributed by atoms with van der Waals surface area (Å²) in [5.41, 5.74) is 4.94. The third-order valence-electron chi connectivity index (χ3n) is 1.94. The molecule has 6 heteroatoms. The number of hydrogen-bond donors (Lipinski definition) is 2. The van der Waals surface area contributed by atoms with E-state index in [1.54, 1.807) is 11.9 Å². The Morgan fingerprint density at radius 3 is 2.07 bits per heavy atom. The highest BCUT2D eigenvalue weighted by atomic mass is 19.4. The van der Waals surface area contributed by atoms with E-state index in [-0.39, 0.29) is 12.5 Å². The van der Waals surface area contributed by atoms with E-state index in [2.05, 4.69) is 0 Å². The maximum Gasteiger partial charge on any atom is 0.399 e. The van der Waals surface area contributed by atoms with E-state index in [1.165, 1.54) is 0 Å². The van der Waals surface area contributed by atoms with Gasteiger partial charge in [-0.2, -0.15) is 13.2 Å². The van der Waals surface area contributed by atoms with Crippen molar-refractivity contribution in [2.45, 2.75) is 20.0 Å². The van der Waals surface area contributed by atoms with Crippen LogP contribution in [0.5, 0.6) is 0 Å². The fourth-order valence-corrected chi connectivity index (χ4v) is 1.39. The van der Waals surface area contributed by atoms with Crippen LogP contribution in [0.2, 0.25) is 0 Å². The summed E-state index contributed by atoms with van der Waals surface area (Å²) < 4.78 is 37.3. The van der Waals surface area contributed by atoms with E-state index in [0.717, 1.165) is 0 Å². The molecule has 0 aliphatic rings. The SMILES string of the molecule is CC(C)CN(C)CC(C(=N)N)C(F)(F)F. The summed E-state index contributed by atoms with van der Waals surface area (Å²) in [5, 5.41) is 6.91. The zero-order chi connectivity index (χ0) is 12.2. The van der Waals surface area contributed by atoms with Gasteiger partial charge in [0.25, 0.3) is 0 Å². The average Bonchev–Trinajstić information content (AvgIpc) is 1.95. The van der Waals surface area contributed by atoms with Crippen LogP contribution in [-0.4, -0.2) is 37.0 Å². The molecular weight excluding hydrogens is 207 g/mol. The summed E-state index contributed by atoms with van der Waals surface area (Å²) in [4.78, 5) is 1.55. The van der Waals surface area contributed by atoms with E-state index < -0.39 is 17.9 Å². The zero-order valence-corrected chi connectivity index (χ0v) is 9.23. The molecule has 0 rings (SSSR count). The molecule has 0 saturated heterocycles. The summed E-state index contributed by atoms with van der Waals surface area (Å²) >= 11 is 0. The van der Waals surface area contributed by atoms with Gasteiger partial charge in [-0.1, -0.05) is 13.8 Å². The van der Waals surface area contributed by atoms with Gasteiger partial charge in [-0.3, -0.25) is 5.41 Å². The Morgan fingerprint density at radius 1 is 1.33 bits per heavy atom. The van der Waals surface area contributed by atoms with Crippen molar-refractivity contribution in [3.8, 4) is 0 Å². The Balaban J connectivity index is 4.37. The van der Waals surface area contributed by atoms with Crippen LogP contribution in [0, 0.1) is 17.2 Å². The summed E-state index contributed by atoms with van der Waals surface area (Å²) in [6, 6.07) is 0. The number of rotatable bonds is 5. The average molecular weight is 225 g/mol. The molecular formula is C9H18F3N3. The molecule has 0 heterocycles. The minimum atomic E-state index is -4.43. The second-order valence-corrected chi connectivity index (χ2v) is 4.16. The number of halogens is 3. The first kappa shape index (κ1) is 14.2. The summed E-state index contributed by atoms with van der Waals surface area (Å²) in [6.45, 7) is 4.15. The Bertz CT molecular complexity index is 213. The Morgan fingerprint density at radius 2 is 1.80 bits per heavy atom. The van der Waals surface area contributed by atoms with Crippen LogP contribution in [0.15, 0.2) is 0 Å². The van der Waals surface area contributed by atoms with Crippen LogP contribution < -0.4 is 5.73 Å². The van der Waals surface area contributed by atoms with Crippen LogP contribution >= 0.6 is 0 Å². The molecule has 90 valence electrons. The lowest BCUT2D eigenvalue weighted by molar-refractivity contribution is -0.159. The fraction of sp³-hybridized carbons (Fsp3) is 0.889. The van der Waals surface area contributed by atoms with E-state index in [1.807, 2.05) is 13.8 Å². The molecule has 0 bridgehead atoms. The molecule has 3 N–H and O–H groups in total. The van der Waals surface area contributed by atoms with Crippen molar-refractivity contribution >= 4 is 5.84 Å². The summed E-state index contributed by atoms with van der Waals surface area (Å²) in [6.07, 6.45) is -4.43. The van der Waals surface area contributed by atoms with Crippen molar-refractivity contribution in [1.82, 2.24) is 4.90 Å². The van der Waals surface area contributed by atoms with E-state index in [4.69, 9.17) is 11.1 Å². The van der Waals surface area contributed by atoms with Crippen LogP contribution in [0.3, 0.4) is 0 Å². The lowest BCUT2D eigenvalue weighted by Gasteiger charge is -2.26. The lowest BCUT2D eigenvalue weighted by Crippen LogP contribution is -2.43. The molecule has 0 amide bonds. The first-order valence-corrected chi connectivity index (χ1v) is 4.73. The van der Waals surface area contributed by atoms with E-state index >= 15 is 0 Å². The number of alkyl halides is 3. The van der Waals surface area contributed by atoms with Crippen molar-refractivity contribution in [2.75, 3.05) is 20.1 Å². The van der Waals surface area contributed by atoms with Gasteiger partial charge in [-0.15, -0.1) is 0 Å². The highest BCUT2D eigenvalue weighted by molar-refractivity contribution is 5.80. The molecule has 0 aromatic heterocycles. The van der Waals surface area contributed by atoms with Gasteiger partial charge in [-0.25, -0.2) is 0 Å². The third kappa shape index (κ3) is 5.61. The van der Waals surface area contributed by atoms with E-state index in [0.29, 0.717) is 6.54 Å². The smallest absolute Gasteiger partial charge is 0.387 e. The molecule has 1 atom stereocenters. The Hall–Kier alpha value is -0.780. The van der Waals surface area contributed by atoms with Crippen molar-refractivity contribution in [1.29, 1.82) is 5.41 Å². The van der Waals surface area contributed by atoms with E-state index in [9.17, 15) is 13.2 Å². The fourth-order valence-electron chi connectivity index (χ4n) is 1.39. The number of nitrogens with two attached hydrogens (primary N) is 1. The Labute approximate surface area is 87.9 Å². The quantitative estimate of drug-likeness (QED) is 0.552. The molecule has 0 radical (unpaired) electrons. The number of nitrogens with zero attached hydrogens (tertiary/aromatic N) is 1. The zero-order valence-electron chi connectivity index (χ0n) is 9.23. The minimum absolute atomic E-state index is 0.253. The van der Waals surface area contributed by atoms with Crippen molar-refractivity contribution in [3.63, 3.8) is 0 Å². The maximum atomic E-state index is 12.4. The molecule has 1 unspecified atom stereocenters. The largest absolute Gasteiger partial charge is 0.399 e. The number of nitrogens with one attached hydrogen (secondary N) is 1. The first-order chi connectivity index (χ1) is 6.64. The highest BCUT2D eigenvalue weighted by Crippen LogP contribution is 2.26. The number of hydrogen-bond acceptors (Lipinski definition) is 2. The number of amidine groups is 1.